The monoisotopic (exact) mass is 280 g/mol. The minimum absolute atomic E-state index is 0.475. The predicted molar refractivity (Wildman–Crippen MR) is 64.1 cm³/mol. The van der Waals surface area contributed by atoms with E-state index in [1.807, 2.05) is 0 Å². The van der Waals surface area contributed by atoms with Gasteiger partial charge in [0.05, 0.1) is 7.11 Å². The zero-order valence-corrected chi connectivity index (χ0v) is 11.3. The summed E-state index contributed by atoms with van der Waals surface area (Å²) in [6.45, 7) is 3.13. The van der Waals surface area contributed by atoms with Crippen LogP contribution in [0.1, 0.15) is 18.1 Å². The highest BCUT2D eigenvalue weighted by molar-refractivity contribution is 7.46. The van der Waals surface area contributed by atoms with Crippen LogP contribution in [0.2, 0.25) is 0 Å². The van der Waals surface area contributed by atoms with Gasteiger partial charge < -0.3 is 14.5 Å². The van der Waals surface area contributed by atoms with Crippen LogP contribution in [-0.2, 0) is 14.1 Å². The van der Waals surface area contributed by atoms with Gasteiger partial charge in [-0.2, -0.15) is 0 Å². The zero-order chi connectivity index (χ0) is 13.3. The Morgan fingerprint density at radius 2 is 2.00 bits per heavy atom. The van der Waals surface area contributed by atoms with Crippen molar-refractivity contribution < 1.29 is 23.6 Å². The molecule has 0 amide bonds. The molecule has 0 bridgehead atoms. The molecule has 5 nitrogen and oxygen atoms in total. The molecule has 0 saturated carbocycles. The highest BCUT2D eigenvalue weighted by Crippen LogP contribution is 2.48. The van der Waals surface area contributed by atoms with Gasteiger partial charge in [-0.05, 0) is 31.5 Å². The summed E-state index contributed by atoms with van der Waals surface area (Å²) >= 11 is 5.99. The SMILES string of the molecule is COc1ccc(C(C)(Cl)OP(=O)(O)O)c(C)c1. The molecule has 1 atom stereocenters. The van der Waals surface area contributed by atoms with E-state index in [1.165, 1.54) is 14.0 Å². The maximum Gasteiger partial charge on any atom is 0.471 e. The van der Waals surface area contributed by atoms with Gasteiger partial charge in [0.25, 0.3) is 0 Å². The first-order valence-electron chi connectivity index (χ1n) is 4.76. The Morgan fingerprint density at radius 1 is 1.41 bits per heavy atom. The first-order chi connectivity index (χ1) is 7.65. The van der Waals surface area contributed by atoms with E-state index in [2.05, 4.69) is 4.52 Å². The standard InChI is InChI=1S/C10H14ClO5P/c1-7-6-8(15-3)4-5-9(7)10(2,11)16-17(12,13)14/h4-6H,1-3H3,(H2,12,13,14). The summed E-state index contributed by atoms with van der Waals surface area (Å²) in [5.41, 5.74) is 1.19. The number of hydrogen-bond acceptors (Lipinski definition) is 3. The number of benzene rings is 1. The van der Waals surface area contributed by atoms with E-state index in [0.717, 1.165) is 5.56 Å². The molecule has 0 saturated heterocycles. The van der Waals surface area contributed by atoms with Crippen molar-refractivity contribution in [3.8, 4) is 5.75 Å². The van der Waals surface area contributed by atoms with Gasteiger partial charge in [0.2, 0.25) is 0 Å². The van der Waals surface area contributed by atoms with Gasteiger partial charge >= 0.3 is 7.82 Å². The Balaban J connectivity index is 3.11. The smallest absolute Gasteiger partial charge is 0.471 e. The van der Waals surface area contributed by atoms with Gasteiger partial charge in [-0.1, -0.05) is 17.7 Å². The Hall–Kier alpha value is -0.580. The van der Waals surface area contributed by atoms with Crippen molar-refractivity contribution in [2.24, 2.45) is 0 Å². The Morgan fingerprint density at radius 3 is 2.41 bits per heavy atom. The molecule has 7 heteroatoms. The van der Waals surface area contributed by atoms with Crippen LogP contribution >= 0.6 is 19.4 Å². The molecule has 0 aromatic heterocycles. The van der Waals surface area contributed by atoms with Crippen LogP contribution in [-0.4, -0.2) is 16.9 Å². The van der Waals surface area contributed by atoms with Crippen molar-refractivity contribution in [2.45, 2.75) is 18.9 Å². The van der Waals surface area contributed by atoms with Crippen LogP contribution in [0.4, 0.5) is 0 Å². The van der Waals surface area contributed by atoms with Gasteiger partial charge in [-0.25, -0.2) is 4.57 Å². The summed E-state index contributed by atoms with van der Waals surface area (Å²) in [6, 6.07) is 4.96. The van der Waals surface area contributed by atoms with Crippen molar-refractivity contribution in [3.05, 3.63) is 29.3 Å². The first-order valence-corrected chi connectivity index (χ1v) is 6.67. The Bertz CT molecular complexity index is 454. The molecule has 1 unspecified atom stereocenters. The minimum Gasteiger partial charge on any atom is -0.497 e. The van der Waals surface area contributed by atoms with Gasteiger partial charge in [0.15, 0.2) is 5.06 Å². The highest BCUT2D eigenvalue weighted by atomic mass is 35.5. The second-order valence-corrected chi connectivity index (χ2v) is 5.56. The molecule has 1 aromatic carbocycles. The van der Waals surface area contributed by atoms with E-state index in [-0.39, 0.29) is 0 Å². The lowest BCUT2D eigenvalue weighted by Gasteiger charge is -2.25. The number of phosphoric acid groups is 1. The summed E-state index contributed by atoms with van der Waals surface area (Å²) in [6.07, 6.45) is 0. The minimum atomic E-state index is -4.65. The molecular weight excluding hydrogens is 267 g/mol. The number of ether oxygens (including phenoxy) is 1. The second kappa shape index (κ2) is 4.96. The molecule has 1 rings (SSSR count). The van der Waals surface area contributed by atoms with Crippen LogP contribution in [0.3, 0.4) is 0 Å². The molecule has 0 fully saturated rings. The van der Waals surface area contributed by atoms with Crippen LogP contribution in [0.25, 0.3) is 0 Å². The van der Waals surface area contributed by atoms with Crippen LogP contribution < -0.4 is 4.74 Å². The number of methoxy groups -OCH3 is 1. The third kappa shape index (κ3) is 3.98. The third-order valence-corrected chi connectivity index (χ3v) is 3.20. The van der Waals surface area contributed by atoms with Crippen LogP contribution in [0, 0.1) is 6.92 Å². The van der Waals surface area contributed by atoms with E-state index in [4.69, 9.17) is 26.1 Å². The maximum absolute atomic E-state index is 10.8. The predicted octanol–water partition coefficient (Wildman–Crippen LogP) is 2.52. The number of aryl methyl sites for hydroxylation is 1. The fraction of sp³-hybridized carbons (Fsp3) is 0.400. The average Bonchev–Trinajstić information content (AvgIpc) is 2.13. The van der Waals surface area contributed by atoms with Crippen molar-refractivity contribution in [2.75, 3.05) is 7.11 Å². The summed E-state index contributed by atoms with van der Waals surface area (Å²) in [5.74, 6) is 0.634. The summed E-state index contributed by atoms with van der Waals surface area (Å²) < 4.78 is 20.4. The van der Waals surface area contributed by atoms with Crippen molar-refractivity contribution >= 4 is 19.4 Å². The normalized spacial score (nSPS) is 15.4. The zero-order valence-electron chi connectivity index (χ0n) is 9.68. The molecule has 96 valence electrons. The fourth-order valence-corrected chi connectivity index (χ4v) is 2.56. The number of halogens is 1. The Kier molecular flexibility index (Phi) is 4.23. The largest absolute Gasteiger partial charge is 0.497 e. The molecule has 1 aromatic rings. The van der Waals surface area contributed by atoms with Gasteiger partial charge in [0, 0.05) is 5.56 Å². The molecule has 0 radical (unpaired) electrons. The van der Waals surface area contributed by atoms with E-state index >= 15 is 0 Å². The highest BCUT2D eigenvalue weighted by Gasteiger charge is 2.34. The van der Waals surface area contributed by atoms with Gasteiger partial charge in [-0.3, -0.25) is 4.52 Å². The number of rotatable bonds is 4. The number of alkyl halides is 1. The van der Waals surface area contributed by atoms with Crippen molar-refractivity contribution in [1.29, 1.82) is 0 Å². The van der Waals surface area contributed by atoms with Crippen LogP contribution in [0.15, 0.2) is 18.2 Å². The van der Waals surface area contributed by atoms with Gasteiger partial charge in [-0.15, -0.1) is 0 Å². The lowest BCUT2D eigenvalue weighted by atomic mass is 10.0. The Labute approximate surface area is 105 Å². The van der Waals surface area contributed by atoms with E-state index < -0.39 is 12.9 Å². The molecule has 0 aliphatic carbocycles. The molecule has 0 aliphatic heterocycles. The lowest BCUT2D eigenvalue weighted by Crippen LogP contribution is -2.18. The molecule has 0 heterocycles. The van der Waals surface area contributed by atoms with E-state index in [0.29, 0.717) is 11.3 Å². The average molecular weight is 281 g/mol. The number of phosphoric ester groups is 1. The fourth-order valence-electron chi connectivity index (χ4n) is 1.54. The van der Waals surface area contributed by atoms with Crippen LogP contribution in [0.5, 0.6) is 5.75 Å². The summed E-state index contributed by atoms with van der Waals surface area (Å²) in [7, 11) is -3.13. The van der Waals surface area contributed by atoms with Crippen molar-refractivity contribution in [1.82, 2.24) is 0 Å². The maximum atomic E-state index is 10.8. The molecule has 2 N–H and O–H groups in total. The van der Waals surface area contributed by atoms with Gasteiger partial charge in [0.1, 0.15) is 5.75 Å². The molecular formula is C10H14ClO5P. The summed E-state index contributed by atoms with van der Waals surface area (Å²) in [5, 5.41) is -1.59. The van der Waals surface area contributed by atoms with E-state index in [9.17, 15) is 4.57 Å². The summed E-state index contributed by atoms with van der Waals surface area (Å²) in [4.78, 5) is 17.6. The number of hydrogen-bond donors (Lipinski definition) is 2. The molecule has 0 spiro atoms. The first kappa shape index (κ1) is 14.5. The second-order valence-electron chi connectivity index (χ2n) is 3.68. The van der Waals surface area contributed by atoms with Crippen molar-refractivity contribution in [3.63, 3.8) is 0 Å². The topological polar surface area (TPSA) is 76.0 Å². The lowest BCUT2D eigenvalue weighted by molar-refractivity contribution is 0.114. The quantitative estimate of drug-likeness (QED) is 0.655. The molecule has 17 heavy (non-hydrogen) atoms. The van der Waals surface area contributed by atoms with E-state index in [1.54, 1.807) is 25.1 Å². The third-order valence-electron chi connectivity index (χ3n) is 2.21. The molecule has 0 aliphatic rings.